The van der Waals surface area contributed by atoms with Crippen LogP contribution in [-0.2, 0) is 21.0 Å². The molecule has 0 saturated carbocycles. The maximum atomic E-state index is 13.1. The minimum atomic E-state index is -4.67. The molecule has 174 valence electrons. The van der Waals surface area contributed by atoms with Gasteiger partial charge in [-0.2, -0.15) is 13.2 Å². The fraction of sp³-hybridized carbons (Fsp3) is 0.333. The van der Waals surface area contributed by atoms with E-state index >= 15 is 0 Å². The van der Waals surface area contributed by atoms with Gasteiger partial charge in [-0.3, -0.25) is 9.59 Å². The summed E-state index contributed by atoms with van der Waals surface area (Å²) in [5.41, 5.74) is -1.74. The smallest absolute Gasteiger partial charge is 0.325 e. The van der Waals surface area contributed by atoms with Gasteiger partial charge < -0.3 is 10.6 Å². The predicted octanol–water partition coefficient (Wildman–Crippen LogP) is 4.30. The lowest BCUT2D eigenvalue weighted by Gasteiger charge is -2.21. The first-order valence-corrected chi connectivity index (χ1v) is 10.9. The molecule has 0 unspecified atom stereocenters. The van der Waals surface area contributed by atoms with Crippen LogP contribution in [0.1, 0.15) is 49.2 Å². The summed E-state index contributed by atoms with van der Waals surface area (Å²) in [4.78, 5) is 24.1. The van der Waals surface area contributed by atoms with Crippen LogP contribution in [0.3, 0.4) is 0 Å². The second-order valence-electron chi connectivity index (χ2n) is 8.23. The van der Waals surface area contributed by atoms with Gasteiger partial charge in [-0.05, 0) is 63.6 Å². The van der Waals surface area contributed by atoms with E-state index < -0.39 is 39.1 Å². The van der Waals surface area contributed by atoms with E-state index in [1.54, 1.807) is 27.7 Å². The molecule has 0 spiro atoms. The standard InChI is InChI=1S/C21H24F3N3O4S/c1-12-6-8-15(32(30,31)27-20(3,4)5)11-16(12)19(29)26-18-10-14(21(22,23)24)7-9-17(18)25-13(2)28/h6-11,27H,1-5H3,(H,25,28)(H,26,29). The Balaban J connectivity index is 2.48. The number of alkyl halides is 3. The van der Waals surface area contributed by atoms with E-state index in [0.29, 0.717) is 11.6 Å². The predicted molar refractivity (Wildman–Crippen MR) is 115 cm³/mol. The van der Waals surface area contributed by atoms with E-state index in [1.165, 1.54) is 19.1 Å². The van der Waals surface area contributed by atoms with Gasteiger partial charge >= 0.3 is 6.18 Å². The Morgan fingerprint density at radius 2 is 1.53 bits per heavy atom. The SMILES string of the molecule is CC(=O)Nc1ccc(C(F)(F)F)cc1NC(=O)c1cc(S(=O)(=O)NC(C)(C)C)ccc1C. The topological polar surface area (TPSA) is 104 Å². The largest absolute Gasteiger partial charge is 0.416 e. The van der Waals surface area contributed by atoms with Crippen LogP contribution in [0.4, 0.5) is 24.5 Å². The van der Waals surface area contributed by atoms with Crippen molar-refractivity contribution < 1.29 is 31.2 Å². The average Bonchev–Trinajstić information content (AvgIpc) is 2.59. The first-order valence-electron chi connectivity index (χ1n) is 9.44. The Morgan fingerprint density at radius 1 is 0.906 bits per heavy atom. The first-order chi connectivity index (χ1) is 14.5. The molecule has 0 aromatic heterocycles. The lowest BCUT2D eigenvalue weighted by atomic mass is 10.1. The molecule has 2 amide bonds. The van der Waals surface area contributed by atoms with Crippen molar-refractivity contribution in [3.05, 3.63) is 53.1 Å². The summed E-state index contributed by atoms with van der Waals surface area (Å²) in [6.45, 7) is 7.70. The molecule has 0 radical (unpaired) electrons. The van der Waals surface area contributed by atoms with Gasteiger partial charge in [-0.15, -0.1) is 0 Å². The van der Waals surface area contributed by atoms with Crippen molar-refractivity contribution in [2.24, 2.45) is 0 Å². The molecule has 0 aliphatic carbocycles. The number of sulfonamides is 1. The third-order valence-corrected chi connectivity index (χ3v) is 5.87. The lowest BCUT2D eigenvalue weighted by molar-refractivity contribution is -0.137. The number of carbonyl (C=O) groups excluding carboxylic acids is 2. The number of aryl methyl sites for hydroxylation is 1. The number of rotatable bonds is 5. The van der Waals surface area contributed by atoms with E-state index in [2.05, 4.69) is 15.4 Å². The zero-order valence-corrected chi connectivity index (χ0v) is 19.0. The van der Waals surface area contributed by atoms with Gasteiger partial charge in [-0.25, -0.2) is 13.1 Å². The van der Waals surface area contributed by atoms with Crippen molar-refractivity contribution in [1.29, 1.82) is 0 Å². The highest BCUT2D eigenvalue weighted by molar-refractivity contribution is 7.89. The molecule has 32 heavy (non-hydrogen) atoms. The summed E-state index contributed by atoms with van der Waals surface area (Å²) >= 11 is 0. The van der Waals surface area contributed by atoms with Gasteiger partial charge in [0.15, 0.2) is 0 Å². The molecule has 11 heteroatoms. The minimum Gasteiger partial charge on any atom is -0.325 e. The van der Waals surface area contributed by atoms with Gasteiger partial charge in [0, 0.05) is 18.0 Å². The zero-order valence-electron chi connectivity index (χ0n) is 18.1. The molecule has 3 N–H and O–H groups in total. The summed E-state index contributed by atoms with van der Waals surface area (Å²) < 4.78 is 67.1. The van der Waals surface area contributed by atoms with Gasteiger partial charge in [0.05, 0.1) is 21.8 Å². The molecule has 0 fully saturated rings. The summed E-state index contributed by atoms with van der Waals surface area (Å²) in [5.74, 6) is -1.38. The number of anilines is 2. The van der Waals surface area contributed by atoms with Crippen molar-refractivity contribution >= 4 is 33.2 Å². The molecule has 7 nitrogen and oxygen atoms in total. The number of carbonyl (C=O) groups is 2. The van der Waals surface area contributed by atoms with Crippen molar-refractivity contribution in [3.8, 4) is 0 Å². The highest BCUT2D eigenvalue weighted by Crippen LogP contribution is 2.34. The fourth-order valence-electron chi connectivity index (χ4n) is 2.79. The van der Waals surface area contributed by atoms with Gasteiger partial charge in [0.1, 0.15) is 0 Å². The zero-order chi connectivity index (χ0) is 24.5. The highest BCUT2D eigenvalue weighted by Gasteiger charge is 2.31. The summed E-state index contributed by atoms with van der Waals surface area (Å²) in [7, 11) is -3.95. The number of hydrogen-bond donors (Lipinski definition) is 3. The van der Waals surface area contributed by atoms with Crippen LogP contribution < -0.4 is 15.4 Å². The monoisotopic (exact) mass is 471 g/mol. The van der Waals surface area contributed by atoms with Gasteiger partial charge in [0.2, 0.25) is 15.9 Å². The Hall–Kier alpha value is -2.92. The molecule has 2 rings (SSSR count). The maximum absolute atomic E-state index is 13.1. The Labute approximate surface area is 184 Å². The summed E-state index contributed by atoms with van der Waals surface area (Å²) in [6.07, 6.45) is -4.67. The van der Waals surface area contributed by atoms with Crippen LogP contribution in [-0.4, -0.2) is 25.8 Å². The number of amides is 2. The van der Waals surface area contributed by atoms with E-state index in [-0.39, 0.29) is 21.8 Å². The number of benzene rings is 2. The first kappa shape index (κ1) is 25.3. The third kappa shape index (κ3) is 6.54. The summed E-state index contributed by atoms with van der Waals surface area (Å²) in [6, 6.07) is 6.39. The Kier molecular flexibility index (Phi) is 7.05. The van der Waals surface area contributed by atoms with E-state index in [0.717, 1.165) is 18.2 Å². The highest BCUT2D eigenvalue weighted by atomic mass is 32.2. The van der Waals surface area contributed by atoms with Crippen molar-refractivity contribution in [2.75, 3.05) is 10.6 Å². The van der Waals surface area contributed by atoms with Crippen LogP contribution in [0.25, 0.3) is 0 Å². The molecule has 0 aliphatic rings. The van der Waals surface area contributed by atoms with Crippen LogP contribution in [0.5, 0.6) is 0 Å². The molecule has 0 aliphatic heterocycles. The fourth-order valence-corrected chi connectivity index (χ4v) is 4.23. The van der Waals surface area contributed by atoms with Crippen LogP contribution in [0, 0.1) is 6.92 Å². The van der Waals surface area contributed by atoms with Crippen molar-refractivity contribution in [1.82, 2.24) is 4.72 Å². The average molecular weight is 472 g/mol. The number of hydrogen-bond acceptors (Lipinski definition) is 4. The quantitative estimate of drug-likeness (QED) is 0.605. The van der Waals surface area contributed by atoms with E-state index in [4.69, 9.17) is 0 Å². The summed E-state index contributed by atoms with van der Waals surface area (Å²) in [5, 5.41) is 4.70. The van der Waals surface area contributed by atoms with Crippen LogP contribution in [0.15, 0.2) is 41.3 Å². The molecule has 0 saturated heterocycles. The van der Waals surface area contributed by atoms with Crippen LogP contribution >= 0.6 is 0 Å². The molecule has 2 aromatic carbocycles. The maximum Gasteiger partial charge on any atom is 0.416 e. The Bertz CT molecular complexity index is 1150. The molecule has 2 aromatic rings. The second-order valence-corrected chi connectivity index (χ2v) is 9.91. The molecule has 0 heterocycles. The van der Waals surface area contributed by atoms with E-state index in [9.17, 15) is 31.2 Å². The van der Waals surface area contributed by atoms with Gasteiger partial charge in [-0.1, -0.05) is 6.07 Å². The number of halogens is 3. The second kappa shape index (κ2) is 8.91. The minimum absolute atomic E-state index is 0.0327. The third-order valence-electron chi connectivity index (χ3n) is 4.11. The normalized spacial score (nSPS) is 12.4. The molecular formula is C21H24F3N3O4S. The van der Waals surface area contributed by atoms with Crippen LogP contribution in [0.2, 0.25) is 0 Å². The lowest BCUT2D eigenvalue weighted by Crippen LogP contribution is -2.40. The molecule has 0 atom stereocenters. The molecule has 0 bridgehead atoms. The van der Waals surface area contributed by atoms with Crippen molar-refractivity contribution in [3.63, 3.8) is 0 Å². The van der Waals surface area contributed by atoms with Crippen molar-refractivity contribution in [2.45, 2.75) is 51.2 Å². The van der Waals surface area contributed by atoms with E-state index in [1.807, 2.05) is 0 Å². The molecular weight excluding hydrogens is 447 g/mol. The Morgan fingerprint density at radius 3 is 2.06 bits per heavy atom. The number of nitrogens with one attached hydrogen (secondary N) is 3. The van der Waals surface area contributed by atoms with Gasteiger partial charge in [0.25, 0.3) is 5.91 Å².